The van der Waals surface area contributed by atoms with Crippen molar-refractivity contribution in [2.24, 2.45) is 0 Å². The van der Waals surface area contributed by atoms with Gasteiger partial charge in [-0.15, -0.1) is 0 Å². The van der Waals surface area contributed by atoms with E-state index < -0.39 is 42.0 Å². The van der Waals surface area contributed by atoms with Crippen molar-refractivity contribution >= 4 is 29.5 Å². The van der Waals surface area contributed by atoms with Crippen LogP contribution in [0, 0.1) is 0 Å². The van der Waals surface area contributed by atoms with Crippen LogP contribution in [0.15, 0.2) is 24.3 Å². The molecule has 2 atom stereocenters. The maximum atomic E-state index is 12.3. The molecule has 0 radical (unpaired) electrons. The van der Waals surface area contributed by atoms with Crippen molar-refractivity contribution in [2.45, 2.75) is 38.8 Å². The second-order valence-electron chi connectivity index (χ2n) is 6.33. The Morgan fingerprint density at radius 3 is 2.56 bits per heavy atom. The third kappa shape index (κ3) is 4.36. The molecule has 0 bridgehead atoms. The molecule has 0 aromatic heterocycles. The first-order valence-electron chi connectivity index (χ1n) is 8.49. The van der Waals surface area contributed by atoms with Gasteiger partial charge in [-0.2, -0.15) is 0 Å². The summed E-state index contributed by atoms with van der Waals surface area (Å²) in [5.74, 6) is -1.47. The summed E-state index contributed by atoms with van der Waals surface area (Å²) in [6.07, 6.45) is -0.735. The molecular weight excluding hydrogens is 354 g/mol. The Morgan fingerprint density at radius 1 is 1.30 bits per heavy atom. The van der Waals surface area contributed by atoms with E-state index >= 15 is 0 Å². The lowest BCUT2D eigenvalue weighted by atomic mass is 9.99. The summed E-state index contributed by atoms with van der Waals surface area (Å²) in [7, 11) is 1.47. The summed E-state index contributed by atoms with van der Waals surface area (Å²) in [6, 6.07) is 6.13. The minimum Gasteiger partial charge on any atom is -0.495 e. The summed E-state index contributed by atoms with van der Waals surface area (Å²) in [5, 5.41) is 5.14. The van der Waals surface area contributed by atoms with Crippen LogP contribution in [-0.4, -0.2) is 54.0 Å². The number of hydrogen-bond donors (Lipinski definition) is 2. The van der Waals surface area contributed by atoms with Gasteiger partial charge in [-0.25, -0.2) is 4.79 Å². The van der Waals surface area contributed by atoms with Gasteiger partial charge in [0.25, 0.3) is 11.8 Å². The van der Waals surface area contributed by atoms with Crippen LogP contribution in [0.4, 0.5) is 10.5 Å². The number of nitrogens with one attached hydrogen (secondary N) is 2. The van der Waals surface area contributed by atoms with E-state index in [-0.39, 0.29) is 0 Å². The van der Waals surface area contributed by atoms with Gasteiger partial charge in [0.1, 0.15) is 17.8 Å². The van der Waals surface area contributed by atoms with E-state index in [0.29, 0.717) is 17.9 Å². The predicted octanol–water partition coefficient (Wildman–Crippen LogP) is 1.29. The number of hydrogen-bond acceptors (Lipinski definition) is 6. The van der Waals surface area contributed by atoms with E-state index in [9.17, 15) is 19.2 Å². The minimum atomic E-state index is -1.12. The number of ether oxygens (including phenoxy) is 2. The molecule has 27 heavy (non-hydrogen) atoms. The SMILES string of the molecule is CC[C@]1(C)NC(=O)N(CC(=O)O[C@H](C)C(=O)Nc2ccccc2OC)C1=O. The lowest BCUT2D eigenvalue weighted by Crippen LogP contribution is -2.44. The third-order valence-electron chi connectivity index (χ3n) is 4.38. The minimum absolute atomic E-state index is 0.390. The number of para-hydroxylation sites is 2. The van der Waals surface area contributed by atoms with E-state index in [0.717, 1.165) is 4.90 Å². The highest BCUT2D eigenvalue weighted by Gasteiger charge is 2.47. The van der Waals surface area contributed by atoms with Gasteiger partial charge < -0.3 is 20.1 Å². The van der Waals surface area contributed by atoms with Crippen LogP contribution in [0.5, 0.6) is 5.75 Å². The molecule has 0 spiro atoms. The monoisotopic (exact) mass is 377 g/mol. The Bertz CT molecular complexity index is 765. The van der Waals surface area contributed by atoms with Crippen molar-refractivity contribution in [2.75, 3.05) is 19.0 Å². The van der Waals surface area contributed by atoms with E-state index in [1.54, 1.807) is 38.1 Å². The lowest BCUT2D eigenvalue weighted by molar-refractivity contribution is -0.155. The molecule has 1 aromatic carbocycles. The summed E-state index contributed by atoms with van der Waals surface area (Å²) in [5.41, 5.74) is -0.606. The van der Waals surface area contributed by atoms with E-state index in [4.69, 9.17) is 9.47 Å². The molecule has 2 rings (SSSR count). The molecule has 4 amide bonds. The number of imide groups is 1. The van der Waals surface area contributed by atoms with Gasteiger partial charge >= 0.3 is 12.0 Å². The molecule has 1 saturated heterocycles. The fraction of sp³-hybridized carbons (Fsp3) is 0.444. The van der Waals surface area contributed by atoms with Crippen LogP contribution in [0.2, 0.25) is 0 Å². The number of anilines is 1. The number of amides is 4. The molecule has 9 nitrogen and oxygen atoms in total. The van der Waals surface area contributed by atoms with Gasteiger partial charge in [0.05, 0.1) is 12.8 Å². The molecule has 1 fully saturated rings. The number of rotatable bonds is 7. The Hall–Kier alpha value is -3.10. The fourth-order valence-corrected chi connectivity index (χ4v) is 2.53. The first-order valence-corrected chi connectivity index (χ1v) is 8.49. The van der Waals surface area contributed by atoms with Gasteiger partial charge in [0.15, 0.2) is 6.10 Å². The summed E-state index contributed by atoms with van der Waals surface area (Å²) < 4.78 is 10.2. The van der Waals surface area contributed by atoms with Crippen LogP contribution >= 0.6 is 0 Å². The van der Waals surface area contributed by atoms with E-state index in [2.05, 4.69) is 10.6 Å². The van der Waals surface area contributed by atoms with Gasteiger partial charge in [-0.1, -0.05) is 19.1 Å². The normalized spacial score (nSPS) is 20.1. The second kappa shape index (κ2) is 8.07. The summed E-state index contributed by atoms with van der Waals surface area (Å²) in [6.45, 7) is 4.17. The van der Waals surface area contributed by atoms with Gasteiger partial charge in [0.2, 0.25) is 0 Å². The number of nitrogens with zero attached hydrogens (tertiary/aromatic N) is 1. The number of carbonyl (C=O) groups is 4. The zero-order valence-corrected chi connectivity index (χ0v) is 15.7. The van der Waals surface area contributed by atoms with Crippen molar-refractivity contribution in [3.63, 3.8) is 0 Å². The number of benzene rings is 1. The molecule has 146 valence electrons. The average Bonchev–Trinajstić information content (AvgIpc) is 2.85. The summed E-state index contributed by atoms with van der Waals surface area (Å²) in [4.78, 5) is 49.3. The molecule has 0 saturated carbocycles. The predicted molar refractivity (Wildman–Crippen MR) is 96.1 cm³/mol. The lowest BCUT2D eigenvalue weighted by Gasteiger charge is -2.19. The Labute approximate surface area is 157 Å². The highest BCUT2D eigenvalue weighted by atomic mass is 16.5. The number of esters is 1. The molecule has 0 aliphatic carbocycles. The Balaban J connectivity index is 1.94. The van der Waals surface area contributed by atoms with E-state index in [1.807, 2.05) is 0 Å². The standard InChI is InChI=1S/C18H23N3O6/c1-5-18(3)16(24)21(17(25)20-18)10-14(22)27-11(2)15(23)19-12-8-6-7-9-13(12)26-4/h6-9,11H,5,10H2,1-4H3,(H,19,23)(H,20,25)/t11-,18+/m1/s1. The highest BCUT2D eigenvalue weighted by Crippen LogP contribution is 2.23. The van der Waals surface area contributed by atoms with E-state index in [1.165, 1.54) is 14.0 Å². The largest absolute Gasteiger partial charge is 0.495 e. The summed E-state index contributed by atoms with van der Waals surface area (Å²) >= 11 is 0. The molecule has 2 N–H and O–H groups in total. The van der Waals surface area contributed by atoms with Crippen molar-refractivity contribution < 1.29 is 28.7 Å². The van der Waals surface area contributed by atoms with Crippen LogP contribution in [0.3, 0.4) is 0 Å². The first kappa shape index (κ1) is 20.2. The van der Waals surface area contributed by atoms with Crippen LogP contribution < -0.4 is 15.4 Å². The Kier molecular flexibility index (Phi) is 6.04. The van der Waals surface area contributed by atoms with Gasteiger partial charge in [0, 0.05) is 0 Å². The molecule has 1 aliphatic heterocycles. The first-order chi connectivity index (χ1) is 12.7. The maximum Gasteiger partial charge on any atom is 0.327 e. The molecule has 1 heterocycles. The van der Waals surface area contributed by atoms with Crippen LogP contribution in [0.25, 0.3) is 0 Å². The molecule has 1 aromatic rings. The average molecular weight is 377 g/mol. The zero-order chi connectivity index (χ0) is 20.2. The van der Waals surface area contributed by atoms with Crippen molar-refractivity contribution in [3.8, 4) is 5.75 Å². The number of methoxy groups -OCH3 is 1. The number of urea groups is 1. The van der Waals surface area contributed by atoms with Crippen LogP contribution in [0.1, 0.15) is 27.2 Å². The highest BCUT2D eigenvalue weighted by molar-refractivity contribution is 6.08. The third-order valence-corrected chi connectivity index (χ3v) is 4.38. The van der Waals surface area contributed by atoms with Crippen LogP contribution in [-0.2, 0) is 19.1 Å². The molecule has 9 heteroatoms. The quantitative estimate of drug-likeness (QED) is 0.547. The molecule has 0 unspecified atom stereocenters. The number of carbonyl (C=O) groups excluding carboxylic acids is 4. The fourth-order valence-electron chi connectivity index (χ4n) is 2.53. The van der Waals surface area contributed by atoms with Crippen molar-refractivity contribution in [3.05, 3.63) is 24.3 Å². The van der Waals surface area contributed by atoms with Crippen molar-refractivity contribution in [1.29, 1.82) is 0 Å². The van der Waals surface area contributed by atoms with Crippen molar-refractivity contribution in [1.82, 2.24) is 10.2 Å². The molecule has 1 aliphatic rings. The zero-order valence-electron chi connectivity index (χ0n) is 15.7. The van der Waals surface area contributed by atoms with Gasteiger partial charge in [-0.05, 0) is 32.4 Å². The molecular formula is C18H23N3O6. The van der Waals surface area contributed by atoms with Gasteiger partial charge in [-0.3, -0.25) is 19.3 Å². The topological polar surface area (TPSA) is 114 Å². The second-order valence-corrected chi connectivity index (χ2v) is 6.33. The smallest absolute Gasteiger partial charge is 0.327 e. The Morgan fingerprint density at radius 2 is 1.96 bits per heavy atom. The maximum absolute atomic E-state index is 12.3.